The van der Waals surface area contributed by atoms with Crippen LogP contribution in [-0.4, -0.2) is 29.2 Å². The molecule has 1 aromatic carbocycles. The van der Waals surface area contributed by atoms with Crippen molar-refractivity contribution >= 4 is 22.8 Å². The van der Waals surface area contributed by atoms with Crippen LogP contribution in [0.1, 0.15) is 35.4 Å². The molecule has 0 saturated heterocycles. The highest BCUT2D eigenvalue weighted by atomic mass is 16.5. The van der Waals surface area contributed by atoms with E-state index < -0.39 is 0 Å². The zero-order valence-electron chi connectivity index (χ0n) is 14.8. The van der Waals surface area contributed by atoms with Crippen molar-refractivity contribution in [2.75, 3.05) is 25.7 Å². The predicted octanol–water partition coefficient (Wildman–Crippen LogP) is 2.67. The molecule has 1 unspecified atom stereocenters. The van der Waals surface area contributed by atoms with Crippen molar-refractivity contribution in [2.45, 2.75) is 25.2 Å². The van der Waals surface area contributed by atoms with Gasteiger partial charge in [-0.2, -0.15) is 9.97 Å². The number of hydrogen-bond donors (Lipinski definition) is 2. The third kappa shape index (κ3) is 2.56. The second kappa shape index (κ2) is 6.33. The average Bonchev–Trinajstić information content (AvgIpc) is 2.66. The lowest BCUT2D eigenvalue weighted by Crippen LogP contribution is -2.15. The van der Waals surface area contributed by atoms with E-state index in [1.807, 2.05) is 24.4 Å². The predicted molar refractivity (Wildman–Crippen MR) is 100 cm³/mol. The molecule has 0 aliphatic heterocycles. The average molecular weight is 351 g/mol. The summed E-state index contributed by atoms with van der Waals surface area (Å²) in [4.78, 5) is 12.9. The Morgan fingerprint density at radius 3 is 2.69 bits per heavy atom. The highest BCUT2D eigenvalue weighted by Gasteiger charge is 2.28. The molecule has 1 aliphatic rings. The van der Waals surface area contributed by atoms with E-state index in [4.69, 9.17) is 20.9 Å². The molecule has 7 heteroatoms. The Hall–Kier alpha value is -3.09. The molecular formula is C19H21N5O2. The number of nitrogens with zero attached hydrogens (tertiary/aromatic N) is 3. The maximum absolute atomic E-state index is 6.15. The van der Waals surface area contributed by atoms with E-state index in [9.17, 15) is 0 Å². The fraction of sp³-hybridized carbons (Fsp3) is 0.316. The Morgan fingerprint density at radius 1 is 1.08 bits per heavy atom. The van der Waals surface area contributed by atoms with Gasteiger partial charge >= 0.3 is 0 Å². The number of pyridine rings is 1. The van der Waals surface area contributed by atoms with Crippen LogP contribution in [-0.2, 0) is 6.42 Å². The first-order valence-electron chi connectivity index (χ1n) is 8.54. The van der Waals surface area contributed by atoms with Crippen LogP contribution < -0.4 is 20.9 Å². The van der Waals surface area contributed by atoms with Gasteiger partial charge in [-0.1, -0.05) is 0 Å². The van der Waals surface area contributed by atoms with E-state index in [2.05, 4.69) is 15.0 Å². The van der Waals surface area contributed by atoms with E-state index in [1.54, 1.807) is 14.2 Å². The van der Waals surface area contributed by atoms with Gasteiger partial charge < -0.3 is 20.9 Å². The van der Waals surface area contributed by atoms with Gasteiger partial charge in [0.15, 0.2) is 5.65 Å². The highest BCUT2D eigenvalue weighted by molar-refractivity contribution is 5.90. The molecular weight excluding hydrogens is 330 g/mol. The normalized spacial score (nSPS) is 16.3. The number of fused-ring (bicyclic) bond motifs is 3. The number of anilines is 2. The number of ether oxygens (including phenoxy) is 2. The van der Waals surface area contributed by atoms with E-state index in [0.717, 1.165) is 52.8 Å². The number of nitrogens with two attached hydrogens (primary N) is 2. The maximum atomic E-state index is 6.15. The van der Waals surface area contributed by atoms with Crippen molar-refractivity contribution in [1.82, 2.24) is 15.0 Å². The zero-order chi connectivity index (χ0) is 18.3. The first-order valence-corrected chi connectivity index (χ1v) is 8.54. The van der Waals surface area contributed by atoms with Crippen LogP contribution in [0.15, 0.2) is 24.4 Å². The molecule has 2 heterocycles. The standard InChI is InChI=1S/C19H21N5O2/c1-25-10-6-7-15(26-2)13(8-10)11-4-3-5-12-14(11)9-22-18-16(12)17(20)23-19(21)24-18/h6-9,11H,3-5H2,1-2H3,(H4,20,21,22,23,24). The molecule has 0 radical (unpaired) electrons. The lowest BCUT2D eigenvalue weighted by Gasteiger charge is -2.28. The van der Waals surface area contributed by atoms with Crippen molar-refractivity contribution in [3.8, 4) is 11.5 Å². The Bertz CT molecular complexity index is 989. The smallest absolute Gasteiger partial charge is 0.224 e. The zero-order valence-corrected chi connectivity index (χ0v) is 14.8. The fourth-order valence-electron chi connectivity index (χ4n) is 3.86. The summed E-state index contributed by atoms with van der Waals surface area (Å²) in [7, 11) is 3.35. The van der Waals surface area contributed by atoms with Crippen LogP contribution in [0.3, 0.4) is 0 Å². The van der Waals surface area contributed by atoms with Gasteiger partial charge in [-0.25, -0.2) is 4.98 Å². The van der Waals surface area contributed by atoms with E-state index in [-0.39, 0.29) is 11.9 Å². The summed E-state index contributed by atoms with van der Waals surface area (Å²) in [5, 5.41) is 0.809. The number of methoxy groups -OCH3 is 2. The maximum Gasteiger partial charge on any atom is 0.224 e. The van der Waals surface area contributed by atoms with Crippen LogP contribution in [0.4, 0.5) is 11.8 Å². The van der Waals surface area contributed by atoms with Gasteiger partial charge in [0.05, 0.1) is 19.6 Å². The van der Waals surface area contributed by atoms with Crippen LogP contribution in [0.2, 0.25) is 0 Å². The minimum Gasteiger partial charge on any atom is -0.497 e. The van der Waals surface area contributed by atoms with Gasteiger partial charge in [-0.15, -0.1) is 0 Å². The Kier molecular flexibility index (Phi) is 3.99. The SMILES string of the molecule is COc1ccc(OC)c(C2CCCc3c2cnc2nc(N)nc(N)c32)c1. The molecule has 0 amide bonds. The summed E-state index contributed by atoms with van der Waals surface area (Å²) in [6, 6.07) is 5.88. The number of hydrogen-bond acceptors (Lipinski definition) is 7. The third-order valence-corrected chi connectivity index (χ3v) is 5.02. The van der Waals surface area contributed by atoms with Crippen LogP contribution in [0.5, 0.6) is 11.5 Å². The molecule has 0 bridgehead atoms. The first kappa shape index (κ1) is 16.4. The molecule has 3 aromatic rings. The Balaban J connectivity index is 1.93. The van der Waals surface area contributed by atoms with E-state index >= 15 is 0 Å². The molecule has 0 saturated carbocycles. The molecule has 4 N–H and O–H groups in total. The third-order valence-electron chi connectivity index (χ3n) is 5.02. The summed E-state index contributed by atoms with van der Waals surface area (Å²) < 4.78 is 11.0. The molecule has 4 rings (SSSR count). The number of rotatable bonds is 3. The molecule has 1 aliphatic carbocycles. The fourth-order valence-corrected chi connectivity index (χ4v) is 3.86. The van der Waals surface area contributed by atoms with Crippen LogP contribution in [0, 0.1) is 0 Å². The van der Waals surface area contributed by atoms with Gasteiger partial charge in [-0.3, -0.25) is 0 Å². The topological polar surface area (TPSA) is 109 Å². The molecule has 134 valence electrons. The van der Waals surface area contributed by atoms with E-state index in [1.165, 1.54) is 0 Å². The molecule has 26 heavy (non-hydrogen) atoms. The first-order chi connectivity index (χ1) is 12.6. The number of nitrogen functional groups attached to an aromatic ring is 2. The summed E-state index contributed by atoms with van der Waals surface area (Å²) in [6.07, 6.45) is 4.82. The van der Waals surface area contributed by atoms with Crippen LogP contribution in [0.25, 0.3) is 11.0 Å². The minimum absolute atomic E-state index is 0.143. The second-order valence-electron chi connectivity index (χ2n) is 6.41. The highest BCUT2D eigenvalue weighted by Crippen LogP contribution is 2.43. The summed E-state index contributed by atoms with van der Waals surface area (Å²) in [5.74, 6) is 2.32. The largest absolute Gasteiger partial charge is 0.497 e. The monoisotopic (exact) mass is 351 g/mol. The van der Waals surface area contributed by atoms with E-state index in [0.29, 0.717) is 11.5 Å². The molecule has 7 nitrogen and oxygen atoms in total. The van der Waals surface area contributed by atoms with Crippen molar-refractivity contribution in [3.05, 3.63) is 41.1 Å². The number of aromatic nitrogens is 3. The summed E-state index contributed by atoms with van der Waals surface area (Å²) in [6.45, 7) is 0. The van der Waals surface area contributed by atoms with Crippen LogP contribution >= 0.6 is 0 Å². The minimum atomic E-state index is 0.143. The van der Waals surface area contributed by atoms with Crippen molar-refractivity contribution in [2.24, 2.45) is 0 Å². The van der Waals surface area contributed by atoms with Gasteiger partial charge in [-0.05, 0) is 48.6 Å². The quantitative estimate of drug-likeness (QED) is 0.746. The molecule has 1 atom stereocenters. The summed E-state index contributed by atoms with van der Waals surface area (Å²) in [5.41, 5.74) is 15.8. The molecule has 2 aromatic heterocycles. The lowest BCUT2D eigenvalue weighted by atomic mass is 9.78. The van der Waals surface area contributed by atoms with Crippen molar-refractivity contribution < 1.29 is 9.47 Å². The van der Waals surface area contributed by atoms with Crippen molar-refractivity contribution in [1.29, 1.82) is 0 Å². The Morgan fingerprint density at radius 2 is 1.92 bits per heavy atom. The molecule has 0 fully saturated rings. The Labute approximate surface area is 151 Å². The van der Waals surface area contributed by atoms with Gasteiger partial charge in [0.2, 0.25) is 5.95 Å². The molecule has 0 spiro atoms. The summed E-state index contributed by atoms with van der Waals surface area (Å²) >= 11 is 0. The van der Waals surface area contributed by atoms with Gasteiger partial charge in [0.1, 0.15) is 17.3 Å². The number of aryl methyl sites for hydroxylation is 1. The van der Waals surface area contributed by atoms with Gasteiger partial charge in [0.25, 0.3) is 0 Å². The van der Waals surface area contributed by atoms with Gasteiger partial charge in [0, 0.05) is 17.7 Å². The lowest BCUT2D eigenvalue weighted by molar-refractivity contribution is 0.395. The second-order valence-corrected chi connectivity index (χ2v) is 6.41. The number of benzene rings is 1. The van der Waals surface area contributed by atoms with Crippen molar-refractivity contribution in [3.63, 3.8) is 0 Å².